The Labute approximate surface area is 95.9 Å². The molecule has 0 saturated heterocycles. The Morgan fingerprint density at radius 1 is 1.50 bits per heavy atom. The Bertz CT molecular complexity index is 352. The van der Waals surface area contributed by atoms with Crippen LogP contribution in [0.25, 0.3) is 0 Å². The van der Waals surface area contributed by atoms with Crippen molar-refractivity contribution in [3.05, 3.63) is 18.0 Å². The van der Waals surface area contributed by atoms with E-state index in [4.69, 9.17) is 11.0 Å². The molecule has 0 unspecified atom stereocenters. The number of nitriles is 1. The summed E-state index contributed by atoms with van der Waals surface area (Å²) in [6, 6.07) is 2.07. The van der Waals surface area contributed by atoms with E-state index in [1.807, 2.05) is 17.9 Å². The minimum atomic E-state index is 0.0748. The van der Waals surface area contributed by atoms with Gasteiger partial charge >= 0.3 is 0 Å². The molecule has 0 aliphatic heterocycles. The standard InChI is InChI=1S/C11H17N5/c1-3-4-16(8-9(2)13)11-14-6-10(5-12)7-15-11/h6-7,9H,3-4,8,13H2,1-2H3/t9-/m1/s1. The second-order valence-corrected chi connectivity index (χ2v) is 3.81. The van der Waals surface area contributed by atoms with E-state index in [-0.39, 0.29) is 6.04 Å². The van der Waals surface area contributed by atoms with Crippen molar-refractivity contribution in [1.82, 2.24) is 9.97 Å². The summed E-state index contributed by atoms with van der Waals surface area (Å²) in [6.45, 7) is 5.64. The molecule has 0 aliphatic carbocycles. The number of aromatic nitrogens is 2. The van der Waals surface area contributed by atoms with Crippen LogP contribution in [0.5, 0.6) is 0 Å². The molecule has 1 aromatic rings. The molecule has 5 nitrogen and oxygen atoms in total. The number of nitrogens with two attached hydrogens (primary N) is 1. The Morgan fingerprint density at radius 3 is 2.56 bits per heavy atom. The summed E-state index contributed by atoms with van der Waals surface area (Å²) in [4.78, 5) is 10.4. The molecule has 1 rings (SSSR count). The second-order valence-electron chi connectivity index (χ2n) is 3.81. The van der Waals surface area contributed by atoms with Gasteiger partial charge in [0.25, 0.3) is 0 Å². The summed E-state index contributed by atoms with van der Waals surface area (Å²) in [7, 11) is 0. The summed E-state index contributed by atoms with van der Waals surface area (Å²) in [6.07, 6.45) is 4.08. The van der Waals surface area contributed by atoms with Gasteiger partial charge in [0.2, 0.25) is 5.95 Å². The first-order chi connectivity index (χ1) is 7.67. The normalized spacial score (nSPS) is 11.9. The largest absolute Gasteiger partial charge is 0.339 e. The maximum absolute atomic E-state index is 8.65. The van der Waals surface area contributed by atoms with E-state index in [1.165, 1.54) is 12.4 Å². The zero-order valence-corrected chi connectivity index (χ0v) is 9.72. The Hall–Kier alpha value is -1.67. The Kier molecular flexibility index (Phi) is 4.67. The molecule has 86 valence electrons. The summed E-state index contributed by atoms with van der Waals surface area (Å²) < 4.78 is 0. The van der Waals surface area contributed by atoms with Gasteiger partial charge in [-0.2, -0.15) is 5.26 Å². The second kappa shape index (κ2) is 6.03. The molecule has 1 heterocycles. The van der Waals surface area contributed by atoms with E-state index in [9.17, 15) is 0 Å². The van der Waals surface area contributed by atoms with Gasteiger partial charge in [-0.3, -0.25) is 0 Å². The Morgan fingerprint density at radius 2 is 2.12 bits per heavy atom. The topological polar surface area (TPSA) is 78.8 Å². The van der Waals surface area contributed by atoms with Gasteiger partial charge in [-0.15, -0.1) is 0 Å². The third-order valence-electron chi connectivity index (χ3n) is 2.05. The first-order valence-corrected chi connectivity index (χ1v) is 5.40. The summed E-state index contributed by atoms with van der Waals surface area (Å²) in [5.41, 5.74) is 6.24. The highest BCUT2D eigenvalue weighted by Crippen LogP contribution is 2.07. The average molecular weight is 219 g/mol. The van der Waals surface area contributed by atoms with Crippen molar-refractivity contribution >= 4 is 5.95 Å². The molecular weight excluding hydrogens is 202 g/mol. The molecule has 5 heteroatoms. The summed E-state index contributed by atoms with van der Waals surface area (Å²) in [5.74, 6) is 0.637. The molecule has 16 heavy (non-hydrogen) atoms. The van der Waals surface area contributed by atoms with E-state index in [0.29, 0.717) is 11.5 Å². The van der Waals surface area contributed by atoms with Crippen LogP contribution in [0.15, 0.2) is 12.4 Å². The quantitative estimate of drug-likeness (QED) is 0.796. The molecule has 1 aromatic heterocycles. The van der Waals surface area contributed by atoms with Crippen LogP contribution >= 0.6 is 0 Å². The van der Waals surface area contributed by atoms with Crippen molar-refractivity contribution < 1.29 is 0 Å². The van der Waals surface area contributed by atoms with Crippen LogP contribution in [-0.2, 0) is 0 Å². The molecular formula is C11H17N5. The van der Waals surface area contributed by atoms with Crippen LogP contribution < -0.4 is 10.6 Å². The molecule has 2 N–H and O–H groups in total. The van der Waals surface area contributed by atoms with Gasteiger partial charge in [0.05, 0.1) is 18.0 Å². The van der Waals surface area contributed by atoms with Crippen molar-refractivity contribution in [2.75, 3.05) is 18.0 Å². The highest BCUT2D eigenvalue weighted by Gasteiger charge is 2.10. The molecule has 0 saturated carbocycles. The molecule has 0 radical (unpaired) electrons. The summed E-state index contributed by atoms with van der Waals surface area (Å²) in [5, 5.41) is 8.65. The summed E-state index contributed by atoms with van der Waals surface area (Å²) >= 11 is 0. The molecule has 0 aliphatic rings. The van der Waals surface area contributed by atoms with Gasteiger partial charge in [0.1, 0.15) is 6.07 Å². The van der Waals surface area contributed by atoms with Crippen molar-refractivity contribution in [2.45, 2.75) is 26.3 Å². The predicted octanol–water partition coefficient (Wildman–Crippen LogP) is 0.912. The van der Waals surface area contributed by atoms with Gasteiger partial charge in [0, 0.05) is 19.1 Å². The molecule has 0 bridgehead atoms. The first-order valence-electron chi connectivity index (χ1n) is 5.40. The fraction of sp³-hybridized carbons (Fsp3) is 0.545. The smallest absolute Gasteiger partial charge is 0.225 e. The highest BCUT2D eigenvalue weighted by atomic mass is 15.2. The van der Waals surface area contributed by atoms with Crippen LogP contribution in [-0.4, -0.2) is 29.1 Å². The van der Waals surface area contributed by atoms with Crippen LogP contribution in [0.3, 0.4) is 0 Å². The minimum absolute atomic E-state index is 0.0748. The van der Waals surface area contributed by atoms with Crippen molar-refractivity contribution in [3.63, 3.8) is 0 Å². The lowest BCUT2D eigenvalue weighted by Crippen LogP contribution is -2.37. The number of anilines is 1. The van der Waals surface area contributed by atoms with Crippen LogP contribution in [0.2, 0.25) is 0 Å². The third-order valence-corrected chi connectivity index (χ3v) is 2.05. The average Bonchev–Trinajstić information content (AvgIpc) is 2.28. The highest BCUT2D eigenvalue weighted by molar-refractivity contribution is 5.33. The zero-order valence-electron chi connectivity index (χ0n) is 9.72. The number of nitrogens with zero attached hydrogens (tertiary/aromatic N) is 4. The molecule has 0 aromatic carbocycles. The van der Waals surface area contributed by atoms with Crippen LogP contribution in [0.1, 0.15) is 25.8 Å². The maximum atomic E-state index is 8.65. The van der Waals surface area contributed by atoms with Gasteiger partial charge in [-0.1, -0.05) is 6.92 Å². The fourth-order valence-electron chi connectivity index (χ4n) is 1.43. The molecule has 1 atom stereocenters. The minimum Gasteiger partial charge on any atom is -0.339 e. The van der Waals surface area contributed by atoms with E-state index >= 15 is 0 Å². The van der Waals surface area contributed by atoms with E-state index in [2.05, 4.69) is 16.9 Å². The number of hydrogen-bond donors (Lipinski definition) is 1. The van der Waals surface area contributed by atoms with Crippen LogP contribution in [0, 0.1) is 11.3 Å². The monoisotopic (exact) mass is 219 g/mol. The Balaban J connectivity index is 2.80. The van der Waals surface area contributed by atoms with Gasteiger partial charge in [-0.05, 0) is 13.3 Å². The first kappa shape index (κ1) is 12.4. The number of hydrogen-bond acceptors (Lipinski definition) is 5. The van der Waals surface area contributed by atoms with Crippen LogP contribution in [0.4, 0.5) is 5.95 Å². The predicted molar refractivity (Wildman–Crippen MR) is 62.9 cm³/mol. The lowest BCUT2D eigenvalue weighted by atomic mass is 10.3. The number of rotatable bonds is 5. The van der Waals surface area contributed by atoms with E-state index in [1.54, 1.807) is 0 Å². The van der Waals surface area contributed by atoms with Gasteiger partial charge < -0.3 is 10.6 Å². The fourth-order valence-corrected chi connectivity index (χ4v) is 1.43. The van der Waals surface area contributed by atoms with Crippen molar-refractivity contribution in [2.24, 2.45) is 5.73 Å². The maximum Gasteiger partial charge on any atom is 0.225 e. The van der Waals surface area contributed by atoms with E-state index < -0.39 is 0 Å². The lowest BCUT2D eigenvalue weighted by Gasteiger charge is -2.23. The molecule has 0 amide bonds. The third kappa shape index (κ3) is 3.48. The van der Waals surface area contributed by atoms with Gasteiger partial charge in [-0.25, -0.2) is 9.97 Å². The van der Waals surface area contributed by atoms with Gasteiger partial charge in [0.15, 0.2) is 0 Å². The van der Waals surface area contributed by atoms with E-state index in [0.717, 1.165) is 19.5 Å². The SMILES string of the molecule is CCCN(C[C@@H](C)N)c1ncc(C#N)cn1. The zero-order chi connectivity index (χ0) is 12.0. The van der Waals surface area contributed by atoms with Crippen molar-refractivity contribution in [1.29, 1.82) is 5.26 Å². The molecule has 0 spiro atoms. The molecule has 0 fully saturated rings. The van der Waals surface area contributed by atoms with Crippen molar-refractivity contribution in [3.8, 4) is 6.07 Å². The lowest BCUT2D eigenvalue weighted by molar-refractivity contribution is 0.654.